The highest BCUT2D eigenvalue weighted by molar-refractivity contribution is 7.98. The molecule has 1 heterocycles. The van der Waals surface area contributed by atoms with Gasteiger partial charge in [-0.3, -0.25) is 0 Å². The first-order valence-corrected chi connectivity index (χ1v) is 6.76. The van der Waals surface area contributed by atoms with Crippen LogP contribution in [0.15, 0.2) is 47.8 Å². The van der Waals surface area contributed by atoms with Crippen LogP contribution in [0, 0.1) is 0 Å². The van der Waals surface area contributed by atoms with Gasteiger partial charge in [0, 0.05) is 23.0 Å². The molecule has 0 radical (unpaired) electrons. The number of methoxy groups -OCH3 is 1. The number of hydrogen-bond donors (Lipinski definition) is 1. The molecule has 0 fully saturated rings. The van der Waals surface area contributed by atoms with E-state index in [4.69, 9.17) is 10.5 Å². The van der Waals surface area contributed by atoms with Crippen molar-refractivity contribution in [3.63, 3.8) is 0 Å². The molecular weight excluding hydrogens is 258 g/mol. The number of hydrogen-bond acceptors (Lipinski definition) is 5. The quantitative estimate of drug-likeness (QED) is 0.849. The monoisotopic (exact) mass is 273 g/mol. The molecule has 0 aliphatic carbocycles. The SMILES string of the molecule is COc1ccc(CSc2cnc(/C=C\N)nc2)cc1. The first-order chi connectivity index (χ1) is 9.31. The van der Waals surface area contributed by atoms with Crippen molar-refractivity contribution < 1.29 is 4.74 Å². The number of nitrogens with two attached hydrogens (primary N) is 1. The van der Waals surface area contributed by atoms with E-state index in [1.807, 2.05) is 12.1 Å². The molecule has 0 saturated carbocycles. The summed E-state index contributed by atoms with van der Waals surface area (Å²) in [5.74, 6) is 2.37. The maximum atomic E-state index is 5.28. The van der Waals surface area contributed by atoms with Gasteiger partial charge < -0.3 is 10.5 Å². The van der Waals surface area contributed by atoms with Gasteiger partial charge in [0.2, 0.25) is 0 Å². The molecule has 2 aromatic rings. The van der Waals surface area contributed by atoms with Gasteiger partial charge in [0.15, 0.2) is 5.82 Å². The molecule has 0 unspecified atom stereocenters. The van der Waals surface area contributed by atoms with E-state index in [2.05, 4.69) is 22.1 Å². The lowest BCUT2D eigenvalue weighted by Gasteiger charge is -2.03. The molecule has 19 heavy (non-hydrogen) atoms. The Morgan fingerprint density at radius 3 is 2.47 bits per heavy atom. The summed E-state index contributed by atoms with van der Waals surface area (Å²) in [5.41, 5.74) is 6.51. The Morgan fingerprint density at radius 2 is 1.89 bits per heavy atom. The number of nitrogens with zero attached hydrogens (tertiary/aromatic N) is 2. The van der Waals surface area contributed by atoms with Crippen LogP contribution in [0.4, 0.5) is 0 Å². The van der Waals surface area contributed by atoms with E-state index in [-0.39, 0.29) is 0 Å². The Kier molecular flexibility index (Phi) is 4.80. The van der Waals surface area contributed by atoms with E-state index in [1.54, 1.807) is 37.3 Å². The fraction of sp³-hybridized carbons (Fsp3) is 0.143. The second-order valence-electron chi connectivity index (χ2n) is 3.77. The van der Waals surface area contributed by atoms with E-state index in [0.29, 0.717) is 5.82 Å². The van der Waals surface area contributed by atoms with Crippen LogP contribution >= 0.6 is 11.8 Å². The third-order valence-electron chi connectivity index (χ3n) is 2.46. The molecule has 0 aliphatic heterocycles. The van der Waals surface area contributed by atoms with Gasteiger partial charge in [-0.05, 0) is 30.0 Å². The average molecular weight is 273 g/mol. The lowest BCUT2D eigenvalue weighted by atomic mass is 10.2. The standard InChI is InChI=1S/C14H15N3OS/c1-18-12-4-2-11(3-5-12)10-19-13-8-16-14(6-7-15)17-9-13/h2-9H,10,15H2,1H3/b7-6-. The van der Waals surface area contributed by atoms with Gasteiger partial charge in [0.1, 0.15) is 5.75 Å². The summed E-state index contributed by atoms with van der Waals surface area (Å²) in [4.78, 5) is 9.41. The zero-order valence-corrected chi connectivity index (χ0v) is 11.4. The first-order valence-electron chi connectivity index (χ1n) is 5.78. The molecular formula is C14H15N3OS. The summed E-state index contributed by atoms with van der Waals surface area (Å²) < 4.78 is 5.12. The summed E-state index contributed by atoms with van der Waals surface area (Å²) >= 11 is 1.69. The lowest BCUT2D eigenvalue weighted by Crippen LogP contribution is -1.89. The molecule has 0 amide bonds. The second kappa shape index (κ2) is 6.80. The molecule has 4 nitrogen and oxygen atoms in total. The largest absolute Gasteiger partial charge is 0.497 e. The summed E-state index contributed by atoms with van der Waals surface area (Å²) in [6.45, 7) is 0. The molecule has 0 atom stereocenters. The fourth-order valence-corrected chi connectivity index (χ4v) is 2.24. The van der Waals surface area contributed by atoms with Crippen LogP contribution in [0.25, 0.3) is 6.08 Å². The molecule has 0 spiro atoms. The summed E-state index contributed by atoms with van der Waals surface area (Å²) in [6.07, 6.45) is 6.70. The maximum Gasteiger partial charge on any atom is 0.153 e. The van der Waals surface area contributed by atoms with Crippen molar-refractivity contribution in [1.29, 1.82) is 0 Å². The summed E-state index contributed by atoms with van der Waals surface area (Å²) in [7, 11) is 1.67. The average Bonchev–Trinajstić information content (AvgIpc) is 2.47. The number of thioether (sulfide) groups is 1. The topological polar surface area (TPSA) is 61.0 Å². The molecule has 2 rings (SSSR count). The van der Waals surface area contributed by atoms with E-state index in [9.17, 15) is 0 Å². The molecule has 1 aromatic carbocycles. The number of aromatic nitrogens is 2. The fourth-order valence-electron chi connectivity index (χ4n) is 1.46. The molecule has 98 valence electrons. The van der Waals surface area contributed by atoms with Crippen LogP contribution in [0.3, 0.4) is 0 Å². The van der Waals surface area contributed by atoms with Crippen molar-refractivity contribution in [2.24, 2.45) is 5.73 Å². The van der Waals surface area contributed by atoms with Crippen molar-refractivity contribution in [1.82, 2.24) is 9.97 Å². The van der Waals surface area contributed by atoms with Crippen molar-refractivity contribution in [3.05, 3.63) is 54.2 Å². The van der Waals surface area contributed by atoms with E-state index in [1.165, 1.54) is 11.8 Å². The van der Waals surface area contributed by atoms with E-state index in [0.717, 1.165) is 16.4 Å². The minimum absolute atomic E-state index is 0.622. The number of ether oxygens (including phenoxy) is 1. The minimum atomic E-state index is 0.622. The van der Waals surface area contributed by atoms with Gasteiger partial charge in [-0.15, -0.1) is 11.8 Å². The molecule has 0 bridgehead atoms. The van der Waals surface area contributed by atoms with Gasteiger partial charge in [-0.2, -0.15) is 0 Å². The first kappa shape index (κ1) is 13.4. The van der Waals surface area contributed by atoms with Crippen molar-refractivity contribution >= 4 is 17.8 Å². The summed E-state index contributed by atoms with van der Waals surface area (Å²) in [6, 6.07) is 8.03. The molecule has 2 N–H and O–H groups in total. The highest BCUT2D eigenvalue weighted by Crippen LogP contribution is 2.22. The van der Waals surface area contributed by atoms with Crippen molar-refractivity contribution in [2.75, 3.05) is 7.11 Å². The van der Waals surface area contributed by atoms with Crippen LogP contribution in [-0.4, -0.2) is 17.1 Å². The van der Waals surface area contributed by atoms with Gasteiger partial charge in [0.05, 0.1) is 7.11 Å². The van der Waals surface area contributed by atoms with Gasteiger partial charge in [0.25, 0.3) is 0 Å². The Morgan fingerprint density at radius 1 is 1.21 bits per heavy atom. The molecule has 0 aliphatic rings. The Hall–Kier alpha value is -2.01. The van der Waals surface area contributed by atoms with Crippen LogP contribution in [-0.2, 0) is 5.75 Å². The van der Waals surface area contributed by atoms with Crippen molar-refractivity contribution in [2.45, 2.75) is 10.6 Å². The van der Waals surface area contributed by atoms with Crippen LogP contribution in [0.2, 0.25) is 0 Å². The molecule has 1 aromatic heterocycles. The zero-order chi connectivity index (χ0) is 13.5. The highest BCUT2D eigenvalue weighted by atomic mass is 32.2. The van der Waals surface area contributed by atoms with Gasteiger partial charge in [-0.1, -0.05) is 12.1 Å². The Labute approximate surface area is 116 Å². The smallest absolute Gasteiger partial charge is 0.153 e. The number of rotatable bonds is 5. The Balaban J connectivity index is 1.93. The maximum absolute atomic E-state index is 5.28. The van der Waals surface area contributed by atoms with Gasteiger partial charge in [-0.25, -0.2) is 9.97 Å². The van der Waals surface area contributed by atoms with Crippen LogP contribution in [0.5, 0.6) is 5.75 Å². The lowest BCUT2D eigenvalue weighted by molar-refractivity contribution is 0.414. The number of benzene rings is 1. The van der Waals surface area contributed by atoms with E-state index < -0.39 is 0 Å². The van der Waals surface area contributed by atoms with Crippen LogP contribution < -0.4 is 10.5 Å². The normalized spacial score (nSPS) is 10.8. The Bertz CT molecular complexity index is 538. The predicted octanol–water partition coefficient (Wildman–Crippen LogP) is 2.71. The van der Waals surface area contributed by atoms with Gasteiger partial charge >= 0.3 is 0 Å². The second-order valence-corrected chi connectivity index (χ2v) is 4.82. The molecule has 5 heteroatoms. The van der Waals surface area contributed by atoms with Crippen molar-refractivity contribution in [3.8, 4) is 5.75 Å². The third kappa shape index (κ3) is 3.99. The zero-order valence-electron chi connectivity index (χ0n) is 10.6. The predicted molar refractivity (Wildman–Crippen MR) is 77.8 cm³/mol. The molecule has 0 saturated heterocycles. The van der Waals surface area contributed by atoms with E-state index >= 15 is 0 Å². The summed E-state index contributed by atoms with van der Waals surface area (Å²) in [5, 5.41) is 0. The minimum Gasteiger partial charge on any atom is -0.497 e. The highest BCUT2D eigenvalue weighted by Gasteiger charge is 1.99. The third-order valence-corrected chi connectivity index (χ3v) is 3.48. The van der Waals surface area contributed by atoms with Crippen LogP contribution in [0.1, 0.15) is 11.4 Å².